The third-order valence-electron chi connectivity index (χ3n) is 6.53. The van der Waals surface area contributed by atoms with E-state index in [4.69, 9.17) is 52.1 Å². The Morgan fingerprint density at radius 2 is 0.830 bits per heavy atom. The van der Waals surface area contributed by atoms with Crippen molar-refractivity contribution in [3.63, 3.8) is 0 Å². The largest absolute Gasteiger partial charge is 0.457 e. The zero-order valence-electron chi connectivity index (χ0n) is 27.7. The second-order valence-electron chi connectivity index (χ2n) is 10.2. The van der Waals surface area contributed by atoms with Crippen LogP contribution in [0.5, 0.6) is 0 Å². The van der Waals surface area contributed by atoms with Crippen LogP contribution in [0.2, 0.25) is 0 Å². The molecule has 1 aliphatic rings. The van der Waals surface area contributed by atoms with Gasteiger partial charge in [0.1, 0.15) is 6.61 Å². The monoisotopic (exact) mass is 673 g/mol. The first kappa shape index (κ1) is 41.1. The fourth-order valence-corrected chi connectivity index (χ4v) is 4.06. The molecule has 1 saturated heterocycles. The van der Waals surface area contributed by atoms with E-state index in [1.165, 1.54) is 0 Å². The van der Waals surface area contributed by atoms with Crippen LogP contribution >= 0.6 is 0 Å². The number of piperidine rings is 1. The lowest BCUT2D eigenvalue weighted by molar-refractivity contribution is -0.139. The molecule has 14 nitrogen and oxygen atoms in total. The molecule has 14 heteroatoms. The SMILES string of the molecule is O=C(OCCOCCOCCOCCOCCOCCOCCOCCOCCOCCOC1CCNCC1)C(=O)c1ccccc1. The highest BCUT2D eigenvalue weighted by molar-refractivity contribution is 6.40. The summed E-state index contributed by atoms with van der Waals surface area (Å²) in [7, 11) is 0. The maximum atomic E-state index is 11.9. The van der Waals surface area contributed by atoms with Crippen molar-refractivity contribution in [3.05, 3.63) is 35.9 Å². The van der Waals surface area contributed by atoms with Crippen molar-refractivity contribution in [1.82, 2.24) is 5.32 Å². The fourth-order valence-electron chi connectivity index (χ4n) is 4.06. The lowest BCUT2D eigenvalue weighted by Crippen LogP contribution is -2.33. The number of nitrogens with one attached hydrogen (secondary N) is 1. The first-order valence-electron chi connectivity index (χ1n) is 16.6. The number of ketones is 1. The van der Waals surface area contributed by atoms with Gasteiger partial charge in [-0.1, -0.05) is 30.3 Å². The van der Waals surface area contributed by atoms with Crippen LogP contribution in [0.15, 0.2) is 30.3 Å². The summed E-state index contributed by atoms with van der Waals surface area (Å²) >= 11 is 0. The quantitative estimate of drug-likeness (QED) is 0.0495. The number of hydrogen-bond acceptors (Lipinski definition) is 14. The lowest BCUT2D eigenvalue weighted by Gasteiger charge is -2.22. The van der Waals surface area contributed by atoms with Gasteiger partial charge in [-0.3, -0.25) is 4.79 Å². The Morgan fingerprint density at radius 3 is 1.21 bits per heavy atom. The van der Waals surface area contributed by atoms with E-state index in [9.17, 15) is 9.59 Å². The minimum absolute atomic E-state index is 0.000435. The summed E-state index contributed by atoms with van der Waals surface area (Å²) < 4.78 is 59.8. The highest BCUT2D eigenvalue weighted by Crippen LogP contribution is 2.06. The minimum atomic E-state index is -0.895. The molecule has 2 rings (SSSR count). The fraction of sp³-hybridized carbons (Fsp3) is 0.758. The summed E-state index contributed by atoms with van der Waals surface area (Å²) in [6.07, 6.45) is 2.51. The van der Waals surface area contributed by atoms with Crippen LogP contribution in [-0.2, 0) is 56.9 Å². The van der Waals surface area contributed by atoms with Crippen molar-refractivity contribution in [3.8, 4) is 0 Å². The van der Waals surface area contributed by atoms with E-state index in [1.807, 2.05) is 0 Å². The van der Waals surface area contributed by atoms with Crippen LogP contribution in [0.3, 0.4) is 0 Å². The van der Waals surface area contributed by atoms with Crippen LogP contribution in [0.1, 0.15) is 23.2 Å². The Morgan fingerprint density at radius 1 is 0.489 bits per heavy atom. The predicted octanol–water partition coefficient (Wildman–Crippen LogP) is 1.33. The molecule has 0 amide bonds. The Balaban J connectivity index is 1.16. The molecule has 0 saturated carbocycles. The van der Waals surface area contributed by atoms with E-state index in [0.717, 1.165) is 25.9 Å². The van der Waals surface area contributed by atoms with Gasteiger partial charge in [-0.05, 0) is 25.9 Å². The van der Waals surface area contributed by atoms with Gasteiger partial charge >= 0.3 is 5.97 Å². The highest BCUT2D eigenvalue weighted by Gasteiger charge is 2.17. The zero-order valence-corrected chi connectivity index (χ0v) is 27.7. The molecular formula is C33H55NO13. The van der Waals surface area contributed by atoms with Gasteiger partial charge in [0.25, 0.3) is 5.78 Å². The van der Waals surface area contributed by atoms with Crippen LogP contribution in [0.25, 0.3) is 0 Å². The summed E-state index contributed by atoms with van der Waals surface area (Å²) in [5, 5.41) is 3.32. The highest BCUT2D eigenvalue weighted by atomic mass is 16.6. The molecule has 0 bridgehead atoms. The molecule has 1 aliphatic heterocycles. The van der Waals surface area contributed by atoms with Gasteiger partial charge in [0.2, 0.25) is 0 Å². The number of esters is 1. The lowest BCUT2D eigenvalue weighted by atomic mass is 10.1. The first-order chi connectivity index (χ1) is 23.3. The van der Waals surface area contributed by atoms with Gasteiger partial charge in [-0.25, -0.2) is 4.79 Å². The van der Waals surface area contributed by atoms with E-state index < -0.39 is 11.8 Å². The van der Waals surface area contributed by atoms with Crippen molar-refractivity contribution in [2.24, 2.45) is 0 Å². The molecule has 1 N–H and O–H groups in total. The second kappa shape index (κ2) is 31.2. The molecule has 0 unspecified atom stereocenters. The smallest absolute Gasteiger partial charge is 0.379 e. The van der Waals surface area contributed by atoms with Crippen LogP contribution in [0.4, 0.5) is 0 Å². The summed E-state index contributed by atoms with van der Waals surface area (Å²) in [5.41, 5.74) is 0.297. The summed E-state index contributed by atoms with van der Waals surface area (Å²) in [5.74, 6) is -1.57. The van der Waals surface area contributed by atoms with Crippen molar-refractivity contribution in [1.29, 1.82) is 0 Å². The van der Waals surface area contributed by atoms with Gasteiger partial charge < -0.3 is 57.4 Å². The summed E-state index contributed by atoms with van der Waals surface area (Å²) in [6, 6.07) is 8.27. The molecule has 1 aromatic rings. The second-order valence-corrected chi connectivity index (χ2v) is 10.2. The number of benzene rings is 1. The van der Waals surface area contributed by atoms with Crippen molar-refractivity contribution >= 4 is 11.8 Å². The van der Waals surface area contributed by atoms with E-state index in [-0.39, 0.29) is 13.2 Å². The van der Waals surface area contributed by atoms with Gasteiger partial charge in [-0.15, -0.1) is 0 Å². The van der Waals surface area contributed by atoms with Crippen LogP contribution in [-0.4, -0.2) is 163 Å². The standard InChI is InChI=1S/C33H55NO13/c35-32(30-4-2-1-3-5-30)33(36)47-29-27-45-25-23-43-21-19-41-17-15-39-13-11-37-10-12-38-14-16-40-18-20-42-22-24-44-26-28-46-31-6-8-34-9-7-31/h1-5,31,34H,6-29H2. The number of rotatable bonds is 33. The van der Waals surface area contributed by atoms with E-state index in [2.05, 4.69) is 5.32 Å². The Bertz CT molecular complexity index is 858. The molecule has 0 spiro atoms. The molecular weight excluding hydrogens is 618 g/mol. The maximum absolute atomic E-state index is 11.9. The first-order valence-corrected chi connectivity index (χ1v) is 16.6. The third-order valence-corrected chi connectivity index (χ3v) is 6.53. The van der Waals surface area contributed by atoms with Gasteiger partial charge in [0.05, 0.1) is 132 Å². The molecule has 0 radical (unpaired) electrons. The van der Waals surface area contributed by atoms with Crippen LogP contribution in [0, 0.1) is 0 Å². The molecule has 1 heterocycles. The Kier molecular flexibility index (Phi) is 27.3. The molecule has 270 valence electrons. The summed E-state index contributed by atoms with van der Waals surface area (Å²) in [6.45, 7) is 11.1. The number of carbonyl (C=O) groups is 2. The number of Topliss-reactive ketones (excluding diaryl/α,β-unsaturated/α-hetero) is 1. The van der Waals surface area contributed by atoms with E-state index in [1.54, 1.807) is 30.3 Å². The normalized spacial score (nSPS) is 13.6. The molecule has 1 fully saturated rings. The number of ether oxygens (including phenoxy) is 11. The van der Waals surface area contributed by atoms with E-state index in [0.29, 0.717) is 131 Å². The predicted molar refractivity (Wildman–Crippen MR) is 171 cm³/mol. The average Bonchev–Trinajstić information content (AvgIpc) is 3.11. The zero-order chi connectivity index (χ0) is 33.3. The van der Waals surface area contributed by atoms with Crippen LogP contribution < -0.4 is 5.32 Å². The van der Waals surface area contributed by atoms with Crippen molar-refractivity contribution in [2.75, 3.05) is 145 Å². The van der Waals surface area contributed by atoms with Gasteiger partial charge in [-0.2, -0.15) is 0 Å². The van der Waals surface area contributed by atoms with Crippen molar-refractivity contribution < 1.29 is 61.7 Å². The topological polar surface area (TPSA) is 148 Å². The molecule has 0 atom stereocenters. The van der Waals surface area contributed by atoms with Gasteiger partial charge in [0.15, 0.2) is 0 Å². The Hall–Kier alpha value is -2.08. The minimum Gasteiger partial charge on any atom is -0.457 e. The molecule has 47 heavy (non-hydrogen) atoms. The van der Waals surface area contributed by atoms with Gasteiger partial charge in [0, 0.05) is 5.56 Å². The molecule has 0 aromatic heterocycles. The molecule has 1 aromatic carbocycles. The number of hydrogen-bond donors (Lipinski definition) is 1. The summed E-state index contributed by atoms with van der Waals surface area (Å²) in [4.78, 5) is 23.6. The number of carbonyl (C=O) groups excluding carboxylic acids is 2. The average molecular weight is 674 g/mol. The Labute approximate surface area is 278 Å². The maximum Gasteiger partial charge on any atom is 0.379 e. The third kappa shape index (κ3) is 24.7. The van der Waals surface area contributed by atoms with Crippen molar-refractivity contribution in [2.45, 2.75) is 18.9 Å². The van der Waals surface area contributed by atoms with E-state index >= 15 is 0 Å². The molecule has 0 aliphatic carbocycles.